The van der Waals surface area contributed by atoms with Gasteiger partial charge in [0.1, 0.15) is 0 Å². The van der Waals surface area contributed by atoms with E-state index in [4.69, 9.17) is 10.7 Å². The summed E-state index contributed by atoms with van der Waals surface area (Å²) < 4.78 is 0. The van der Waals surface area contributed by atoms with E-state index < -0.39 is 5.91 Å². The topological polar surface area (TPSA) is 58.7 Å². The van der Waals surface area contributed by atoms with Crippen LogP contribution in [0.4, 0.5) is 0 Å². The third-order valence-electron chi connectivity index (χ3n) is 4.33. The van der Waals surface area contributed by atoms with Crippen LogP contribution in [0.1, 0.15) is 24.1 Å². The van der Waals surface area contributed by atoms with Gasteiger partial charge in [0, 0.05) is 5.70 Å². The van der Waals surface area contributed by atoms with E-state index in [2.05, 4.69) is 23.1 Å². The molecule has 0 aromatic heterocycles. The third kappa shape index (κ3) is 2.76. The third-order valence-corrected chi connectivity index (χ3v) is 5.51. The van der Waals surface area contributed by atoms with Crippen molar-refractivity contribution in [2.75, 3.05) is 0 Å². The van der Waals surface area contributed by atoms with Gasteiger partial charge in [0.25, 0.3) is 5.91 Å². The van der Waals surface area contributed by atoms with Crippen LogP contribution in [0.5, 0.6) is 0 Å². The number of nitrogens with two attached hydrogens (primary N) is 1. The highest BCUT2D eigenvalue weighted by atomic mass is 32.2. The van der Waals surface area contributed by atoms with Crippen molar-refractivity contribution < 1.29 is 4.79 Å². The second-order valence-electron chi connectivity index (χ2n) is 5.92. The lowest BCUT2D eigenvalue weighted by atomic mass is 10.0. The highest BCUT2D eigenvalue weighted by molar-refractivity contribution is 8.18. The van der Waals surface area contributed by atoms with Crippen molar-refractivity contribution in [3.8, 4) is 0 Å². The van der Waals surface area contributed by atoms with Crippen LogP contribution in [-0.4, -0.2) is 16.0 Å². The number of aliphatic imine (C=N–C) groups is 1. The van der Waals surface area contributed by atoms with Gasteiger partial charge in [-0.15, -0.1) is 0 Å². The minimum absolute atomic E-state index is 0.0201. The molecule has 2 heterocycles. The number of primary amides is 1. The molecular formula is C20H17N3OS. The maximum absolute atomic E-state index is 11.8. The predicted molar refractivity (Wildman–Crippen MR) is 102 cm³/mol. The van der Waals surface area contributed by atoms with Crippen molar-refractivity contribution in [3.05, 3.63) is 88.5 Å². The number of amidine groups is 1. The second kappa shape index (κ2) is 6.26. The fraction of sp³-hybridized carbons (Fsp3) is 0.100. The van der Waals surface area contributed by atoms with Crippen molar-refractivity contribution in [3.63, 3.8) is 0 Å². The highest BCUT2D eigenvalue weighted by Crippen LogP contribution is 2.44. The molecule has 1 atom stereocenters. The van der Waals surface area contributed by atoms with Crippen LogP contribution in [0.3, 0.4) is 0 Å². The molecule has 124 valence electrons. The van der Waals surface area contributed by atoms with Gasteiger partial charge in [-0.1, -0.05) is 60.7 Å². The van der Waals surface area contributed by atoms with E-state index in [-0.39, 0.29) is 6.04 Å². The quantitative estimate of drug-likeness (QED) is 0.916. The number of hydrogen-bond donors (Lipinski definition) is 1. The summed E-state index contributed by atoms with van der Waals surface area (Å²) in [6.07, 6.45) is 2.14. The van der Waals surface area contributed by atoms with Crippen LogP contribution >= 0.6 is 11.8 Å². The van der Waals surface area contributed by atoms with Crippen molar-refractivity contribution in [1.82, 2.24) is 4.90 Å². The number of amides is 1. The summed E-state index contributed by atoms with van der Waals surface area (Å²) in [5.74, 6) is -0.410. The van der Waals surface area contributed by atoms with E-state index in [1.165, 1.54) is 11.8 Å². The Morgan fingerprint density at radius 3 is 2.36 bits per heavy atom. The fourth-order valence-electron chi connectivity index (χ4n) is 3.13. The monoisotopic (exact) mass is 347 g/mol. The minimum atomic E-state index is -0.410. The van der Waals surface area contributed by atoms with Crippen molar-refractivity contribution >= 4 is 28.5 Å². The summed E-state index contributed by atoms with van der Waals surface area (Å²) in [7, 11) is 0. The molecule has 1 amide bonds. The number of hydrogen-bond acceptors (Lipinski definition) is 4. The Morgan fingerprint density at radius 2 is 1.72 bits per heavy atom. The maximum Gasteiger partial charge on any atom is 0.257 e. The van der Waals surface area contributed by atoms with E-state index in [1.807, 2.05) is 55.5 Å². The zero-order valence-electron chi connectivity index (χ0n) is 13.7. The number of fused-ring (bicyclic) bond motifs is 1. The Labute approximate surface area is 150 Å². The summed E-state index contributed by atoms with van der Waals surface area (Å²) in [6, 6.07) is 20.3. The molecule has 1 unspecified atom stereocenters. The number of allylic oxidation sites excluding steroid dienone is 1. The highest BCUT2D eigenvalue weighted by Gasteiger charge is 2.37. The minimum Gasteiger partial charge on any atom is -0.365 e. The molecule has 2 aromatic carbocycles. The molecule has 4 nitrogen and oxygen atoms in total. The lowest BCUT2D eigenvalue weighted by Gasteiger charge is -2.32. The van der Waals surface area contributed by atoms with Crippen molar-refractivity contribution in [2.24, 2.45) is 10.7 Å². The Balaban J connectivity index is 1.85. The first-order valence-electron chi connectivity index (χ1n) is 8.04. The average Bonchev–Trinajstić information content (AvgIpc) is 2.99. The molecule has 2 aliphatic heterocycles. The van der Waals surface area contributed by atoms with E-state index in [1.54, 1.807) is 0 Å². The first-order valence-corrected chi connectivity index (χ1v) is 8.85. The van der Waals surface area contributed by atoms with Gasteiger partial charge in [0.05, 0.1) is 16.6 Å². The predicted octanol–water partition coefficient (Wildman–Crippen LogP) is 3.90. The summed E-state index contributed by atoms with van der Waals surface area (Å²) in [6.45, 7) is 1.92. The normalized spacial score (nSPS) is 19.4. The zero-order chi connectivity index (χ0) is 17.4. The molecule has 2 aliphatic rings. The Hall–Kier alpha value is -2.79. The molecular weight excluding hydrogens is 330 g/mol. The van der Waals surface area contributed by atoms with Gasteiger partial charge in [-0.05, 0) is 35.9 Å². The van der Waals surface area contributed by atoms with Gasteiger partial charge in [-0.2, -0.15) is 0 Å². The number of nitrogens with zero attached hydrogens (tertiary/aromatic N) is 2. The molecule has 0 fully saturated rings. The van der Waals surface area contributed by atoms with Crippen LogP contribution in [0.25, 0.3) is 5.70 Å². The number of rotatable bonds is 3. The Bertz CT molecular complexity index is 916. The molecule has 0 bridgehead atoms. The lowest BCUT2D eigenvalue weighted by Crippen LogP contribution is -2.30. The number of carbonyl (C=O) groups is 1. The average molecular weight is 347 g/mol. The summed E-state index contributed by atoms with van der Waals surface area (Å²) in [5.41, 5.74) is 9.52. The van der Waals surface area contributed by atoms with Gasteiger partial charge < -0.3 is 10.6 Å². The maximum atomic E-state index is 11.8. The van der Waals surface area contributed by atoms with Crippen molar-refractivity contribution in [2.45, 2.75) is 13.0 Å². The summed E-state index contributed by atoms with van der Waals surface area (Å²) in [4.78, 5) is 19.2. The Morgan fingerprint density at radius 1 is 1.08 bits per heavy atom. The molecule has 0 saturated carbocycles. The molecule has 0 saturated heterocycles. The van der Waals surface area contributed by atoms with Crippen LogP contribution in [0.2, 0.25) is 0 Å². The molecule has 0 aliphatic carbocycles. The van der Waals surface area contributed by atoms with Crippen LogP contribution in [0.15, 0.2) is 82.3 Å². The van der Waals surface area contributed by atoms with Crippen LogP contribution < -0.4 is 5.73 Å². The van der Waals surface area contributed by atoms with E-state index in [0.29, 0.717) is 4.91 Å². The van der Waals surface area contributed by atoms with E-state index >= 15 is 0 Å². The SMILES string of the molecule is CC1=C(C(N)=O)SC2=NC(c3ccccc3)=CC(c3ccccc3)N21. The smallest absolute Gasteiger partial charge is 0.257 e. The lowest BCUT2D eigenvalue weighted by molar-refractivity contribution is -0.114. The van der Waals surface area contributed by atoms with E-state index in [0.717, 1.165) is 27.7 Å². The zero-order valence-corrected chi connectivity index (χ0v) is 14.5. The Kier molecular flexibility index (Phi) is 3.93. The summed E-state index contributed by atoms with van der Waals surface area (Å²) in [5, 5.41) is 0.793. The van der Waals surface area contributed by atoms with Crippen LogP contribution in [-0.2, 0) is 4.79 Å². The van der Waals surface area contributed by atoms with E-state index in [9.17, 15) is 4.79 Å². The van der Waals surface area contributed by atoms with Crippen molar-refractivity contribution in [1.29, 1.82) is 0 Å². The first kappa shape index (κ1) is 15.7. The largest absolute Gasteiger partial charge is 0.365 e. The molecule has 25 heavy (non-hydrogen) atoms. The fourth-order valence-corrected chi connectivity index (χ4v) is 4.15. The number of benzene rings is 2. The van der Waals surface area contributed by atoms with Crippen LogP contribution in [0, 0.1) is 0 Å². The summed E-state index contributed by atoms with van der Waals surface area (Å²) >= 11 is 1.35. The number of thioether (sulfide) groups is 1. The van der Waals surface area contributed by atoms with Gasteiger partial charge in [0.2, 0.25) is 0 Å². The molecule has 4 rings (SSSR count). The molecule has 0 spiro atoms. The standard InChI is InChI=1S/C20H17N3OS/c1-13-18(19(21)24)25-20-22-16(14-8-4-2-5-9-14)12-17(23(13)20)15-10-6-3-7-11-15/h2-12,17H,1H3,(H2,21,24). The molecule has 0 radical (unpaired) electrons. The number of carbonyl (C=O) groups excluding carboxylic acids is 1. The van der Waals surface area contributed by atoms with Gasteiger partial charge in [-0.25, -0.2) is 4.99 Å². The van der Waals surface area contributed by atoms with Gasteiger partial charge >= 0.3 is 0 Å². The molecule has 2 N–H and O–H groups in total. The van der Waals surface area contributed by atoms with Gasteiger partial charge in [0.15, 0.2) is 5.17 Å². The second-order valence-corrected chi connectivity index (χ2v) is 6.90. The van der Waals surface area contributed by atoms with Gasteiger partial charge in [-0.3, -0.25) is 4.79 Å². The molecule has 5 heteroatoms. The molecule has 2 aromatic rings. The first-order chi connectivity index (χ1) is 12.1.